The minimum atomic E-state index is -3.22. The molecular weight excluding hydrogens is 278 g/mol. The fourth-order valence-corrected chi connectivity index (χ4v) is 2.54. The largest absolute Gasteiger partial charge is 0.369 e. The molecule has 0 spiro atoms. The maximum atomic E-state index is 11.4. The smallest absolute Gasteiger partial charge is 0.207 e. The van der Waals surface area contributed by atoms with Gasteiger partial charge in [0.2, 0.25) is 5.95 Å². The highest BCUT2D eigenvalue weighted by Gasteiger charge is 2.12. The van der Waals surface area contributed by atoms with Gasteiger partial charge in [0.1, 0.15) is 0 Å². The van der Waals surface area contributed by atoms with E-state index in [1.807, 2.05) is 0 Å². The van der Waals surface area contributed by atoms with E-state index in [4.69, 9.17) is 5.73 Å². The van der Waals surface area contributed by atoms with Gasteiger partial charge in [0.05, 0.1) is 4.90 Å². The van der Waals surface area contributed by atoms with E-state index in [0.717, 1.165) is 6.26 Å². The average Bonchev–Trinajstić information content (AvgIpc) is 2.83. The van der Waals surface area contributed by atoms with Crippen LogP contribution < -0.4 is 5.73 Å². The van der Waals surface area contributed by atoms with Crippen molar-refractivity contribution in [1.29, 1.82) is 0 Å². The summed E-state index contributed by atoms with van der Waals surface area (Å²) in [5.74, 6) is 0.792. The highest BCUT2D eigenvalue weighted by molar-refractivity contribution is 7.90. The summed E-state index contributed by atoms with van der Waals surface area (Å²) in [6, 6.07) is 8.08. The molecule has 0 unspecified atom stereocenters. The highest BCUT2D eigenvalue weighted by atomic mass is 32.2. The Morgan fingerprint density at radius 2 is 1.80 bits per heavy atom. The van der Waals surface area contributed by atoms with E-state index in [9.17, 15) is 8.42 Å². The van der Waals surface area contributed by atoms with Crippen molar-refractivity contribution >= 4 is 21.4 Å². The van der Waals surface area contributed by atoms with Crippen LogP contribution in [0.2, 0.25) is 0 Å². The Balaban J connectivity index is 2.17. The number of hydrogen-bond donors (Lipinski definition) is 1. The Morgan fingerprint density at radius 1 is 1.10 bits per heavy atom. The number of nitrogen functional groups attached to an aromatic ring is 1. The predicted octanol–water partition coefficient (Wildman–Crippen LogP) is 0.777. The molecule has 1 aromatic carbocycles. The molecule has 102 valence electrons. The molecule has 0 saturated heterocycles. The zero-order valence-corrected chi connectivity index (χ0v) is 11.4. The van der Waals surface area contributed by atoms with Crippen molar-refractivity contribution in [3.8, 4) is 11.4 Å². The van der Waals surface area contributed by atoms with Gasteiger partial charge in [-0.25, -0.2) is 17.8 Å². The number of nitrogens with zero attached hydrogens (tertiary/aromatic N) is 4. The summed E-state index contributed by atoms with van der Waals surface area (Å²) in [4.78, 5) is 4.24. The zero-order chi connectivity index (χ0) is 14.3. The molecule has 0 saturated carbocycles. The standard InChI is InChI=1S/C12H11N5O2S/c1-20(18,19)9-4-2-8(3-5-9)11-16-15-10-6-7-14-12(13)17(10)11/h2-7H,1H3,(H2,13,14). The molecule has 2 heterocycles. The van der Waals surface area contributed by atoms with Crippen molar-refractivity contribution < 1.29 is 8.42 Å². The molecule has 0 bridgehead atoms. The lowest BCUT2D eigenvalue weighted by atomic mass is 10.2. The number of hydrogen-bond acceptors (Lipinski definition) is 6. The number of nitrogens with two attached hydrogens (primary N) is 1. The fraction of sp³-hybridized carbons (Fsp3) is 0.0833. The normalized spacial score (nSPS) is 11.8. The van der Waals surface area contributed by atoms with Gasteiger partial charge in [-0.3, -0.25) is 0 Å². The number of rotatable bonds is 2. The third-order valence-corrected chi connectivity index (χ3v) is 4.02. The summed E-state index contributed by atoms with van der Waals surface area (Å²) < 4.78 is 24.5. The number of fused-ring (bicyclic) bond motifs is 1. The van der Waals surface area contributed by atoms with Crippen molar-refractivity contribution in [2.75, 3.05) is 12.0 Å². The van der Waals surface area contributed by atoms with E-state index in [2.05, 4.69) is 15.2 Å². The summed E-state index contributed by atoms with van der Waals surface area (Å²) in [5, 5.41) is 8.06. The molecular formula is C12H11N5O2S. The molecule has 2 N–H and O–H groups in total. The van der Waals surface area contributed by atoms with Crippen molar-refractivity contribution in [3.63, 3.8) is 0 Å². The molecule has 3 aromatic rings. The minimum absolute atomic E-state index is 0.251. The molecule has 0 aliphatic carbocycles. The van der Waals surface area contributed by atoms with E-state index in [1.54, 1.807) is 28.8 Å². The van der Waals surface area contributed by atoms with E-state index < -0.39 is 9.84 Å². The van der Waals surface area contributed by atoms with Crippen LogP contribution >= 0.6 is 0 Å². The van der Waals surface area contributed by atoms with Gasteiger partial charge in [0, 0.05) is 24.1 Å². The van der Waals surface area contributed by atoms with Crippen LogP contribution in [0.25, 0.3) is 17.0 Å². The third-order valence-electron chi connectivity index (χ3n) is 2.89. The molecule has 0 radical (unpaired) electrons. The first-order valence-corrected chi connectivity index (χ1v) is 7.62. The van der Waals surface area contributed by atoms with Gasteiger partial charge < -0.3 is 5.73 Å². The first-order chi connectivity index (χ1) is 9.47. The van der Waals surface area contributed by atoms with Crippen molar-refractivity contribution in [1.82, 2.24) is 19.6 Å². The third kappa shape index (κ3) is 1.99. The van der Waals surface area contributed by atoms with Crippen LogP contribution in [-0.2, 0) is 9.84 Å². The zero-order valence-electron chi connectivity index (χ0n) is 10.6. The second kappa shape index (κ2) is 4.27. The quantitative estimate of drug-likeness (QED) is 0.747. The van der Waals surface area contributed by atoms with Gasteiger partial charge in [0.25, 0.3) is 0 Å². The van der Waals surface area contributed by atoms with Crippen molar-refractivity contribution in [2.24, 2.45) is 0 Å². The monoisotopic (exact) mass is 289 g/mol. The van der Waals surface area contributed by atoms with E-state index in [1.165, 1.54) is 12.1 Å². The Hall–Kier alpha value is -2.48. The Labute approximate surface area is 115 Å². The Bertz CT molecular complexity index is 884. The minimum Gasteiger partial charge on any atom is -0.369 e. The molecule has 0 aliphatic rings. The van der Waals surface area contributed by atoms with Crippen LogP contribution in [0.3, 0.4) is 0 Å². The average molecular weight is 289 g/mol. The second-order valence-corrected chi connectivity index (χ2v) is 6.33. The van der Waals surface area contributed by atoms with Crippen LogP contribution in [0.5, 0.6) is 0 Å². The number of benzene rings is 1. The Kier molecular flexibility index (Phi) is 2.68. The lowest BCUT2D eigenvalue weighted by Crippen LogP contribution is -2.01. The topological polar surface area (TPSA) is 103 Å². The SMILES string of the molecule is CS(=O)(=O)c1ccc(-c2nnc3ccnc(N)n23)cc1. The van der Waals surface area contributed by atoms with Crippen LogP contribution in [-0.4, -0.2) is 34.3 Å². The van der Waals surface area contributed by atoms with Crippen molar-refractivity contribution in [2.45, 2.75) is 4.90 Å². The van der Waals surface area contributed by atoms with Gasteiger partial charge in [-0.2, -0.15) is 0 Å². The van der Waals surface area contributed by atoms with Gasteiger partial charge in [-0.05, 0) is 24.3 Å². The molecule has 7 nitrogen and oxygen atoms in total. The predicted molar refractivity (Wildman–Crippen MR) is 73.7 cm³/mol. The lowest BCUT2D eigenvalue weighted by Gasteiger charge is -2.03. The summed E-state index contributed by atoms with van der Waals surface area (Å²) in [7, 11) is -3.22. The molecule has 20 heavy (non-hydrogen) atoms. The Morgan fingerprint density at radius 3 is 2.45 bits per heavy atom. The molecule has 8 heteroatoms. The maximum absolute atomic E-state index is 11.4. The summed E-state index contributed by atoms with van der Waals surface area (Å²) >= 11 is 0. The van der Waals surface area contributed by atoms with E-state index in [-0.39, 0.29) is 10.8 Å². The van der Waals surface area contributed by atoms with Gasteiger partial charge >= 0.3 is 0 Å². The molecule has 0 aliphatic heterocycles. The molecule has 0 amide bonds. The van der Waals surface area contributed by atoms with Gasteiger partial charge in [-0.15, -0.1) is 10.2 Å². The second-order valence-electron chi connectivity index (χ2n) is 4.32. The van der Waals surface area contributed by atoms with Gasteiger partial charge in [-0.1, -0.05) is 0 Å². The van der Waals surface area contributed by atoms with Crippen LogP contribution in [0.1, 0.15) is 0 Å². The number of anilines is 1. The number of sulfone groups is 1. The van der Waals surface area contributed by atoms with Crippen LogP contribution in [0, 0.1) is 0 Å². The lowest BCUT2D eigenvalue weighted by molar-refractivity contribution is 0.602. The van der Waals surface area contributed by atoms with E-state index in [0.29, 0.717) is 17.0 Å². The fourth-order valence-electron chi connectivity index (χ4n) is 1.91. The summed E-state index contributed by atoms with van der Waals surface area (Å²) in [6.07, 6.45) is 2.71. The van der Waals surface area contributed by atoms with Crippen LogP contribution in [0.4, 0.5) is 5.95 Å². The number of aromatic nitrogens is 4. The first-order valence-electron chi connectivity index (χ1n) is 5.73. The molecule has 3 rings (SSSR count). The maximum Gasteiger partial charge on any atom is 0.207 e. The van der Waals surface area contributed by atoms with Crippen molar-refractivity contribution in [3.05, 3.63) is 36.5 Å². The van der Waals surface area contributed by atoms with E-state index >= 15 is 0 Å². The summed E-state index contributed by atoms with van der Waals surface area (Å²) in [6.45, 7) is 0. The highest BCUT2D eigenvalue weighted by Crippen LogP contribution is 2.21. The van der Waals surface area contributed by atoms with Crippen LogP contribution in [0.15, 0.2) is 41.4 Å². The molecule has 0 fully saturated rings. The first kappa shape index (κ1) is 12.5. The molecule has 0 atom stereocenters. The van der Waals surface area contributed by atoms with Gasteiger partial charge in [0.15, 0.2) is 21.3 Å². The summed E-state index contributed by atoms with van der Waals surface area (Å²) in [5.41, 5.74) is 7.11. The molecule has 2 aromatic heterocycles.